The Kier molecular flexibility index (Phi) is 5.10. The molecule has 0 fully saturated rings. The second-order valence-electron chi connectivity index (χ2n) is 7.32. The van der Waals surface area contributed by atoms with Crippen molar-refractivity contribution in [3.8, 4) is 11.1 Å². The Morgan fingerprint density at radius 2 is 1.72 bits per heavy atom. The highest BCUT2D eigenvalue weighted by Gasteiger charge is 2.09. The van der Waals surface area contributed by atoms with E-state index in [1.807, 2.05) is 43.3 Å². The van der Waals surface area contributed by atoms with Crippen LogP contribution >= 0.6 is 0 Å². The van der Waals surface area contributed by atoms with Crippen LogP contribution in [0.3, 0.4) is 0 Å². The maximum absolute atomic E-state index is 12.4. The fraction of sp³-hybridized carbons (Fsp3) is 0.174. The third-order valence-electron chi connectivity index (χ3n) is 4.93. The van der Waals surface area contributed by atoms with Crippen molar-refractivity contribution in [2.75, 3.05) is 32.9 Å². The van der Waals surface area contributed by atoms with Gasteiger partial charge in [0.15, 0.2) is 0 Å². The summed E-state index contributed by atoms with van der Waals surface area (Å²) < 4.78 is 0. The Bertz CT molecular complexity index is 1200. The predicted octanol–water partition coefficient (Wildman–Crippen LogP) is 3.32. The van der Waals surface area contributed by atoms with Crippen LogP contribution < -0.4 is 11.1 Å². The number of fused-ring (bicyclic) bond motifs is 2. The lowest BCUT2D eigenvalue weighted by Crippen LogP contribution is -2.31. The Hall–Kier alpha value is -3.51. The van der Waals surface area contributed by atoms with Gasteiger partial charge in [0.25, 0.3) is 5.91 Å². The number of carbonyl (C=O) groups excluding carboxylic acids is 1. The standard InChI is InChI=1S/C23H23N5O/c1-28(2)10-9-26-23(29)21-13-19-11-16(5-6-18(19)14-27-21)17-4-3-15-7-8-25-22(24)20(15)12-17/h3-8,11-14H,9-10H2,1-2H3,(H2,24,25)(H,26,29). The number of amides is 1. The number of anilines is 1. The number of nitrogen functional groups attached to an aromatic ring is 1. The molecule has 6 heteroatoms. The number of nitrogens with zero attached hydrogens (tertiary/aromatic N) is 3. The Balaban J connectivity index is 1.66. The van der Waals surface area contributed by atoms with Crippen molar-refractivity contribution in [2.24, 2.45) is 0 Å². The molecule has 0 aliphatic rings. The molecule has 0 atom stereocenters. The molecule has 2 aromatic carbocycles. The second kappa shape index (κ2) is 7.85. The van der Waals surface area contributed by atoms with Gasteiger partial charge in [0.05, 0.1) is 0 Å². The minimum absolute atomic E-state index is 0.163. The van der Waals surface area contributed by atoms with Crippen LogP contribution in [0.1, 0.15) is 10.5 Å². The maximum atomic E-state index is 12.4. The molecule has 0 saturated carbocycles. The monoisotopic (exact) mass is 385 g/mol. The number of nitrogens with one attached hydrogen (secondary N) is 1. The molecule has 2 aromatic heterocycles. The van der Waals surface area contributed by atoms with Gasteiger partial charge in [-0.15, -0.1) is 0 Å². The number of aromatic nitrogens is 2. The van der Waals surface area contributed by atoms with Crippen LogP contribution in [0.5, 0.6) is 0 Å². The second-order valence-corrected chi connectivity index (χ2v) is 7.32. The van der Waals surface area contributed by atoms with Crippen LogP contribution in [-0.4, -0.2) is 48.0 Å². The number of nitrogens with two attached hydrogens (primary N) is 1. The van der Waals surface area contributed by atoms with E-state index < -0.39 is 0 Å². The number of rotatable bonds is 5. The number of benzene rings is 2. The molecule has 0 aliphatic carbocycles. The van der Waals surface area contributed by atoms with Crippen LogP contribution in [-0.2, 0) is 0 Å². The lowest BCUT2D eigenvalue weighted by molar-refractivity contribution is 0.0946. The minimum atomic E-state index is -0.163. The van der Waals surface area contributed by atoms with Crippen LogP contribution in [0.4, 0.5) is 5.82 Å². The van der Waals surface area contributed by atoms with Crippen molar-refractivity contribution in [1.82, 2.24) is 20.2 Å². The average molecular weight is 385 g/mol. The molecule has 0 unspecified atom stereocenters. The highest BCUT2D eigenvalue weighted by atomic mass is 16.1. The largest absolute Gasteiger partial charge is 0.383 e. The highest BCUT2D eigenvalue weighted by molar-refractivity contribution is 5.98. The summed E-state index contributed by atoms with van der Waals surface area (Å²) in [5.74, 6) is 0.356. The van der Waals surface area contributed by atoms with Gasteiger partial charge in [-0.05, 0) is 60.3 Å². The van der Waals surface area contributed by atoms with Crippen molar-refractivity contribution in [1.29, 1.82) is 0 Å². The lowest BCUT2D eigenvalue weighted by Gasteiger charge is -2.11. The molecule has 29 heavy (non-hydrogen) atoms. The van der Waals surface area contributed by atoms with Crippen molar-refractivity contribution < 1.29 is 4.79 Å². The first-order valence-corrected chi connectivity index (χ1v) is 9.48. The summed E-state index contributed by atoms with van der Waals surface area (Å²) in [5, 5.41) is 6.85. The molecular formula is C23H23N5O. The molecule has 1 amide bonds. The summed E-state index contributed by atoms with van der Waals surface area (Å²) in [6.45, 7) is 1.36. The normalized spacial score (nSPS) is 11.3. The summed E-state index contributed by atoms with van der Waals surface area (Å²) >= 11 is 0. The van der Waals surface area contributed by atoms with E-state index in [2.05, 4.69) is 39.6 Å². The van der Waals surface area contributed by atoms with E-state index in [0.29, 0.717) is 18.1 Å². The fourth-order valence-electron chi connectivity index (χ4n) is 3.30. The molecule has 0 aliphatic heterocycles. The fourth-order valence-corrected chi connectivity index (χ4v) is 3.30. The van der Waals surface area contributed by atoms with Gasteiger partial charge >= 0.3 is 0 Å². The summed E-state index contributed by atoms with van der Waals surface area (Å²) in [7, 11) is 3.94. The zero-order chi connectivity index (χ0) is 20.4. The smallest absolute Gasteiger partial charge is 0.269 e. The number of hydrogen-bond donors (Lipinski definition) is 2. The molecule has 3 N–H and O–H groups in total. The van der Waals surface area contributed by atoms with E-state index in [0.717, 1.165) is 39.2 Å². The summed E-state index contributed by atoms with van der Waals surface area (Å²) in [6, 6.07) is 16.1. The Labute approximate surface area is 169 Å². The molecular weight excluding hydrogens is 362 g/mol. The number of pyridine rings is 2. The molecule has 4 aromatic rings. The maximum Gasteiger partial charge on any atom is 0.269 e. The van der Waals surface area contributed by atoms with E-state index in [4.69, 9.17) is 5.73 Å². The van der Waals surface area contributed by atoms with Crippen molar-refractivity contribution in [3.05, 3.63) is 66.6 Å². The van der Waals surface area contributed by atoms with Crippen LogP contribution in [0.2, 0.25) is 0 Å². The number of likely N-dealkylation sites (N-methyl/N-ethyl adjacent to an activating group) is 1. The van der Waals surface area contributed by atoms with E-state index in [-0.39, 0.29) is 5.91 Å². The molecule has 2 heterocycles. The van der Waals surface area contributed by atoms with Crippen molar-refractivity contribution >= 4 is 33.3 Å². The van der Waals surface area contributed by atoms with Crippen LogP contribution in [0.15, 0.2) is 60.9 Å². The molecule has 4 rings (SSSR count). The van der Waals surface area contributed by atoms with Gasteiger partial charge < -0.3 is 16.0 Å². The average Bonchev–Trinajstić information content (AvgIpc) is 2.72. The summed E-state index contributed by atoms with van der Waals surface area (Å²) in [6.07, 6.45) is 3.45. The van der Waals surface area contributed by atoms with Gasteiger partial charge in [0, 0.05) is 36.3 Å². The quantitative estimate of drug-likeness (QED) is 0.551. The molecule has 146 valence electrons. The van der Waals surface area contributed by atoms with Gasteiger partial charge in [-0.1, -0.05) is 24.3 Å². The van der Waals surface area contributed by atoms with Crippen LogP contribution in [0.25, 0.3) is 32.7 Å². The van der Waals surface area contributed by atoms with Gasteiger partial charge in [0.2, 0.25) is 0 Å². The molecule has 0 saturated heterocycles. The van der Waals surface area contributed by atoms with Crippen molar-refractivity contribution in [2.45, 2.75) is 0 Å². The molecule has 0 spiro atoms. The third-order valence-corrected chi connectivity index (χ3v) is 4.93. The van der Waals surface area contributed by atoms with E-state index in [1.165, 1.54) is 0 Å². The summed E-state index contributed by atoms with van der Waals surface area (Å²) in [5.41, 5.74) is 8.55. The zero-order valence-electron chi connectivity index (χ0n) is 16.5. The van der Waals surface area contributed by atoms with Gasteiger partial charge in [-0.25, -0.2) is 4.98 Å². The SMILES string of the molecule is CN(C)CCNC(=O)c1cc2cc(-c3ccc4ccnc(N)c4c3)ccc2cn1. The topological polar surface area (TPSA) is 84.1 Å². The minimum Gasteiger partial charge on any atom is -0.383 e. The van der Waals surface area contributed by atoms with Gasteiger partial charge in [-0.3, -0.25) is 9.78 Å². The zero-order valence-corrected chi connectivity index (χ0v) is 16.5. The number of carbonyl (C=O) groups is 1. The highest BCUT2D eigenvalue weighted by Crippen LogP contribution is 2.29. The van der Waals surface area contributed by atoms with Gasteiger partial charge in [0.1, 0.15) is 11.5 Å². The Morgan fingerprint density at radius 1 is 0.966 bits per heavy atom. The van der Waals surface area contributed by atoms with E-state index in [1.54, 1.807) is 12.4 Å². The third kappa shape index (κ3) is 4.02. The van der Waals surface area contributed by atoms with E-state index in [9.17, 15) is 4.79 Å². The molecule has 0 bridgehead atoms. The first kappa shape index (κ1) is 18.8. The lowest BCUT2D eigenvalue weighted by atomic mass is 9.99. The molecule has 6 nitrogen and oxygen atoms in total. The van der Waals surface area contributed by atoms with Crippen LogP contribution in [0, 0.1) is 0 Å². The molecule has 0 radical (unpaired) electrons. The van der Waals surface area contributed by atoms with E-state index >= 15 is 0 Å². The Morgan fingerprint density at radius 3 is 2.52 bits per heavy atom. The first-order valence-electron chi connectivity index (χ1n) is 9.48. The first-order chi connectivity index (χ1) is 14.0. The van der Waals surface area contributed by atoms with Crippen molar-refractivity contribution in [3.63, 3.8) is 0 Å². The summed E-state index contributed by atoms with van der Waals surface area (Å²) in [4.78, 5) is 22.9. The number of hydrogen-bond acceptors (Lipinski definition) is 5. The predicted molar refractivity (Wildman–Crippen MR) is 118 cm³/mol. The van der Waals surface area contributed by atoms with Gasteiger partial charge in [-0.2, -0.15) is 0 Å².